The van der Waals surface area contributed by atoms with Crippen molar-refractivity contribution >= 4 is 11.9 Å². The Balaban J connectivity index is 3.43. The Morgan fingerprint density at radius 3 is 1.13 bits per heavy atom. The lowest BCUT2D eigenvalue weighted by atomic mass is 10.0. The molecule has 0 saturated carbocycles. The first-order valence-electron chi connectivity index (χ1n) is 31.4. The van der Waals surface area contributed by atoms with E-state index in [9.17, 15) is 19.8 Å². The van der Waals surface area contributed by atoms with Crippen LogP contribution in [0.3, 0.4) is 0 Å². The van der Waals surface area contributed by atoms with E-state index >= 15 is 0 Å². The van der Waals surface area contributed by atoms with E-state index in [2.05, 4.69) is 55.6 Å². The standard InChI is InChI=1S/C65H121NO5/c1-3-5-7-9-11-13-15-16-34-38-41-45-49-53-57-63(68)62(61-67)66-64(69)58-54-50-46-42-39-35-32-30-28-26-24-22-20-18-17-19-21-23-25-27-29-31-33-36-40-44-48-52-56-60-71-65(70)59-55-51-47-43-37-14-12-10-8-6-4-2/h10,12,17,19,23,25,53,57,62-63,67-68H,3-9,11,13-16,18,20-22,24,26-52,54-56,58-61H2,1-2H3,(H,66,69)/b12-10-,19-17-,25-23-,57-53+. The van der Waals surface area contributed by atoms with Crippen molar-refractivity contribution in [1.29, 1.82) is 0 Å². The summed E-state index contributed by atoms with van der Waals surface area (Å²) in [5.41, 5.74) is 0. The molecule has 2 atom stereocenters. The molecule has 0 aromatic heterocycles. The van der Waals surface area contributed by atoms with E-state index in [1.54, 1.807) is 6.08 Å². The van der Waals surface area contributed by atoms with E-state index in [0.29, 0.717) is 19.4 Å². The molecule has 0 aromatic rings. The van der Waals surface area contributed by atoms with E-state index in [4.69, 9.17) is 4.74 Å². The van der Waals surface area contributed by atoms with Gasteiger partial charge in [-0.15, -0.1) is 0 Å². The number of carbonyl (C=O) groups is 2. The summed E-state index contributed by atoms with van der Waals surface area (Å²) in [5.74, 6) is -0.0684. The number of rotatable bonds is 58. The smallest absolute Gasteiger partial charge is 0.305 e. The van der Waals surface area contributed by atoms with Gasteiger partial charge in [-0.1, -0.05) is 281 Å². The number of hydrogen-bond donors (Lipinski definition) is 3. The quantitative estimate of drug-likeness (QED) is 0.0321. The van der Waals surface area contributed by atoms with Crippen LogP contribution in [-0.2, 0) is 14.3 Å². The van der Waals surface area contributed by atoms with Crippen molar-refractivity contribution in [3.63, 3.8) is 0 Å². The van der Waals surface area contributed by atoms with Gasteiger partial charge in [0, 0.05) is 12.8 Å². The molecule has 0 fully saturated rings. The first-order valence-corrected chi connectivity index (χ1v) is 31.4. The first-order chi connectivity index (χ1) is 35.0. The minimum atomic E-state index is -0.845. The maximum atomic E-state index is 12.5. The van der Waals surface area contributed by atoms with Gasteiger partial charge in [0.15, 0.2) is 0 Å². The van der Waals surface area contributed by atoms with Crippen molar-refractivity contribution in [2.45, 2.75) is 341 Å². The van der Waals surface area contributed by atoms with Crippen LogP contribution in [0.2, 0.25) is 0 Å². The first kappa shape index (κ1) is 68.8. The van der Waals surface area contributed by atoms with E-state index in [1.807, 2.05) is 6.08 Å². The molecule has 2 unspecified atom stereocenters. The van der Waals surface area contributed by atoms with Gasteiger partial charge in [-0.05, 0) is 83.5 Å². The van der Waals surface area contributed by atoms with Crippen molar-refractivity contribution in [2.24, 2.45) is 0 Å². The lowest BCUT2D eigenvalue weighted by Crippen LogP contribution is -2.45. The van der Waals surface area contributed by atoms with E-state index < -0.39 is 12.1 Å². The Morgan fingerprint density at radius 2 is 0.718 bits per heavy atom. The highest BCUT2D eigenvalue weighted by Gasteiger charge is 2.18. The second-order valence-electron chi connectivity index (χ2n) is 21.4. The Labute approximate surface area is 442 Å². The summed E-state index contributed by atoms with van der Waals surface area (Å²) in [7, 11) is 0. The molecule has 71 heavy (non-hydrogen) atoms. The van der Waals surface area contributed by atoms with Crippen LogP contribution < -0.4 is 5.32 Å². The fourth-order valence-corrected chi connectivity index (χ4v) is 9.47. The van der Waals surface area contributed by atoms with E-state index in [-0.39, 0.29) is 18.5 Å². The molecule has 0 aliphatic carbocycles. The molecule has 0 radical (unpaired) electrons. The molecule has 6 nitrogen and oxygen atoms in total. The van der Waals surface area contributed by atoms with Gasteiger partial charge in [-0.3, -0.25) is 9.59 Å². The molecule has 3 N–H and O–H groups in total. The third-order valence-electron chi connectivity index (χ3n) is 14.3. The van der Waals surface area contributed by atoms with Gasteiger partial charge < -0.3 is 20.3 Å². The minimum Gasteiger partial charge on any atom is -0.466 e. The summed E-state index contributed by atoms with van der Waals surface area (Å²) >= 11 is 0. The number of aliphatic hydroxyl groups excluding tert-OH is 2. The Morgan fingerprint density at radius 1 is 0.394 bits per heavy atom. The van der Waals surface area contributed by atoms with Gasteiger partial charge >= 0.3 is 5.97 Å². The highest BCUT2D eigenvalue weighted by molar-refractivity contribution is 5.76. The number of ether oxygens (including phenoxy) is 1. The lowest BCUT2D eigenvalue weighted by molar-refractivity contribution is -0.143. The molecule has 0 spiro atoms. The minimum absolute atomic E-state index is 0.000139. The zero-order valence-corrected chi connectivity index (χ0v) is 47.5. The van der Waals surface area contributed by atoms with Crippen LogP contribution in [0.25, 0.3) is 0 Å². The number of allylic oxidation sites excluding steroid dienone is 7. The summed E-state index contributed by atoms with van der Waals surface area (Å²) in [6.45, 7) is 4.87. The van der Waals surface area contributed by atoms with Crippen LogP contribution in [0.4, 0.5) is 0 Å². The maximum absolute atomic E-state index is 12.5. The van der Waals surface area contributed by atoms with Crippen LogP contribution in [0.15, 0.2) is 48.6 Å². The SMILES string of the molecule is CCCC/C=C\CCCCCCCC(=O)OCCCCCCCCCCC/C=C\C/C=C\CCCCCCCCCCCCCCCC(=O)NC(CO)C(O)/C=C/CCCCCCCCCCCCCC. The molecule has 416 valence electrons. The number of unbranched alkanes of at least 4 members (excludes halogenated alkanes) is 41. The fraction of sp³-hybridized carbons (Fsp3) is 0.846. The largest absolute Gasteiger partial charge is 0.466 e. The van der Waals surface area contributed by atoms with Crippen molar-refractivity contribution < 1.29 is 24.5 Å². The van der Waals surface area contributed by atoms with Gasteiger partial charge in [-0.2, -0.15) is 0 Å². The maximum Gasteiger partial charge on any atom is 0.305 e. The zero-order chi connectivity index (χ0) is 51.4. The number of amides is 1. The summed E-state index contributed by atoms with van der Waals surface area (Å²) in [6.07, 6.45) is 77.3. The molecule has 0 bridgehead atoms. The van der Waals surface area contributed by atoms with Crippen molar-refractivity contribution in [3.05, 3.63) is 48.6 Å². The monoisotopic (exact) mass is 996 g/mol. The molecule has 1 amide bonds. The fourth-order valence-electron chi connectivity index (χ4n) is 9.47. The van der Waals surface area contributed by atoms with Gasteiger partial charge in [-0.25, -0.2) is 0 Å². The van der Waals surface area contributed by atoms with Crippen molar-refractivity contribution in [2.75, 3.05) is 13.2 Å². The molecule has 6 heteroatoms. The normalized spacial score (nSPS) is 12.9. The van der Waals surface area contributed by atoms with Crippen molar-refractivity contribution in [3.8, 4) is 0 Å². The predicted molar refractivity (Wildman–Crippen MR) is 310 cm³/mol. The van der Waals surface area contributed by atoms with E-state index in [1.165, 1.54) is 250 Å². The molecule has 0 aliphatic heterocycles. The van der Waals surface area contributed by atoms with Gasteiger partial charge in [0.25, 0.3) is 0 Å². The van der Waals surface area contributed by atoms with Crippen molar-refractivity contribution in [1.82, 2.24) is 5.32 Å². The molecular weight excluding hydrogens is 875 g/mol. The molecule has 0 aromatic carbocycles. The lowest BCUT2D eigenvalue weighted by Gasteiger charge is -2.20. The predicted octanol–water partition coefficient (Wildman–Crippen LogP) is 19.7. The van der Waals surface area contributed by atoms with Gasteiger partial charge in [0.05, 0.1) is 25.4 Å². The third-order valence-corrected chi connectivity index (χ3v) is 14.3. The number of esters is 1. The molecule has 0 saturated heterocycles. The second kappa shape index (κ2) is 60.4. The Hall–Kier alpha value is -2.18. The zero-order valence-electron chi connectivity index (χ0n) is 47.5. The number of nitrogens with one attached hydrogen (secondary N) is 1. The summed E-state index contributed by atoms with van der Waals surface area (Å²) in [4.78, 5) is 24.4. The van der Waals surface area contributed by atoms with Crippen LogP contribution in [0.5, 0.6) is 0 Å². The number of aliphatic hydroxyl groups is 2. The summed E-state index contributed by atoms with van der Waals surface area (Å²) in [5, 5.41) is 23.1. The topological polar surface area (TPSA) is 95.9 Å². The Kier molecular flexibility index (Phi) is 58.5. The second-order valence-corrected chi connectivity index (χ2v) is 21.4. The van der Waals surface area contributed by atoms with Crippen LogP contribution in [-0.4, -0.2) is 47.4 Å². The average Bonchev–Trinajstić information content (AvgIpc) is 3.37. The molecule has 0 rings (SSSR count). The molecule has 0 aliphatic rings. The van der Waals surface area contributed by atoms with Gasteiger partial charge in [0.1, 0.15) is 0 Å². The van der Waals surface area contributed by atoms with E-state index in [0.717, 1.165) is 51.4 Å². The highest BCUT2D eigenvalue weighted by atomic mass is 16.5. The number of carbonyl (C=O) groups excluding carboxylic acids is 2. The molecule has 0 heterocycles. The highest BCUT2D eigenvalue weighted by Crippen LogP contribution is 2.17. The van der Waals surface area contributed by atoms with Crippen LogP contribution in [0, 0.1) is 0 Å². The molecular formula is C65H121NO5. The number of hydrogen-bond acceptors (Lipinski definition) is 5. The van der Waals surface area contributed by atoms with Crippen LogP contribution >= 0.6 is 0 Å². The van der Waals surface area contributed by atoms with Gasteiger partial charge in [0.2, 0.25) is 5.91 Å². The third kappa shape index (κ3) is 57.0. The average molecular weight is 997 g/mol. The summed E-state index contributed by atoms with van der Waals surface area (Å²) in [6, 6.07) is -0.629. The summed E-state index contributed by atoms with van der Waals surface area (Å²) < 4.78 is 5.45. The Bertz CT molecular complexity index is 1190. The van der Waals surface area contributed by atoms with Crippen LogP contribution in [0.1, 0.15) is 328 Å².